The first-order valence-electron chi connectivity index (χ1n) is 7.72. The minimum absolute atomic E-state index is 0. The largest absolute Gasteiger partial charge is 0.444 e. The maximum atomic E-state index is 12.0. The number of carbonyl (C=O) groups excluding carboxylic acids is 1. The van der Waals surface area contributed by atoms with Crippen LogP contribution in [-0.2, 0) is 4.74 Å². The Hall–Kier alpha value is -0.730. The summed E-state index contributed by atoms with van der Waals surface area (Å²) in [5.41, 5.74) is -0.461. The van der Waals surface area contributed by atoms with Gasteiger partial charge in [0.25, 0.3) is 0 Å². The van der Waals surface area contributed by atoms with Crippen LogP contribution in [0.15, 0.2) is 4.99 Å². The quantitative estimate of drug-likeness (QED) is 0.403. The van der Waals surface area contributed by atoms with E-state index in [2.05, 4.69) is 22.5 Å². The monoisotopic (exact) mass is 426 g/mol. The maximum Gasteiger partial charge on any atom is 0.410 e. The highest BCUT2D eigenvalue weighted by molar-refractivity contribution is 14.0. The van der Waals surface area contributed by atoms with Gasteiger partial charge in [-0.15, -0.1) is 24.0 Å². The van der Waals surface area contributed by atoms with Gasteiger partial charge in [0.15, 0.2) is 5.96 Å². The number of rotatable bonds is 5. The molecule has 0 aromatic rings. The Bertz CT molecular complexity index is 382. The van der Waals surface area contributed by atoms with E-state index in [1.54, 1.807) is 11.9 Å². The maximum absolute atomic E-state index is 12.0. The van der Waals surface area contributed by atoms with Crippen molar-refractivity contribution in [3.8, 4) is 0 Å². The topological polar surface area (TPSA) is 66.0 Å². The van der Waals surface area contributed by atoms with Crippen LogP contribution in [0.5, 0.6) is 0 Å². The summed E-state index contributed by atoms with van der Waals surface area (Å²) in [5.74, 6) is 1.52. The molecular weight excluding hydrogens is 395 g/mol. The second kappa shape index (κ2) is 9.42. The van der Waals surface area contributed by atoms with Gasteiger partial charge in [-0.25, -0.2) is 4.79 Å². The zero-order valence-corrected chi connectivity index (χ0v) is 16.9. The minimum atomic E-state index is -0.461. The highest BCUT2D eigenvalue weighted by atomic mass is 127. The average molecular weight is 426 g/mol. The van der Waals surface area contributed by atoms with Crippen LogP contribution < -0.4 is 10.6 Å². The van der Waals surface area contributed by atoms with Crippen molar-refractivity contribution in [2.75, 3.05) is 26.7 Å². The molecule has 130 valence electrons. The molecule has 0 aromatic heterocycles. The standard InChI is InChI=1S/C15H30N4O2.HI/c1-7-19(14(20)21-15(3,4)5)9-8-17-13(16-6)18-12-10-11(12)2;/h11-12H,7-10H2,1-6H3,(H2,16,17,18);1H. The SMILES string of the molecule is CCN(CCNC(=NC)NC1CC1C)C(=O)OC(C)(C)C.I. The molecule has 7 heteroatoms. The number of likely N-dealkylation sites (N-methyl/N-ethyl adjacent to an activating group) is 1. The lowest BCUT2D eigenvalue weighted by Crippen LogP contribution is -2.45. The van der Waals surface area contributed by atoms with Gasteiger partial charge >= 0.3 is 6.09 Å². The summed E-state index contributed by atoms with van der Waals surface area (Å²) < 4.78 is 5.38. The van der Waals surface area contributed by atoms with Gasteiger partial charge < -0.3 is 20.3 Å². The minimum Gasteiger partial charge on any atom is -0.444 e. The number of nitrogens with one attached hydrogen (secondary N) is 2. The van der Waals surface area contributed by atoms with Crippen LogP contribution in [0.2, 0.25) is 0 Å². The Labute approximate surface area is 151 Å². The Kier molecular flexibility index (Phi) is 9.11. The van der Waals surface area contributed by atoms with Crippen LogP contribution in [0.25, 0.3) is 0 Å². The summed E-state index contributed by atoms with van der Waals surface area (Å²) in [6, 6.07) is 0.532. The predicted octanol–water partition coefficient (Wildman–Crippen LogP) is 2.43. The van der Waals surface area contributed by atoms with Gasteiger partial charge in [0.1, 0.15) is 5.60 Å². The van der Waals surface area contributed by atoms with Crippen LogP contribution in [0.1, 0.15) is 41.0 Å². The summed E-state index contributed by atoms with van der Waals surface area (Å²) >= 11 is 0. The number of carbonyl (C=O) groups is 1. The van der Waals surface area contributed by atoms with Crippen LogP contribution in [0.3, 0.4) is 0 Å². The molecule has 22 heavy (non-hydrogen) atoms. The third kappa shape index (κ3) is 8.05. The number of hydrogen-bond acceptors (Lipinski definition) is 3. The molecule has 2 N–H and O–H groups in total. The molecule has 0 aromatic carbocycles. The first-order chi connectivity index (χ1) is 9.76. The first kappa shape index (κ1) is 21.3. The molecule has 0 spiro atoms. The van der Waals surface area contributed by atoms with Crippen molar-refractivity contribution < 1.29 is 9.53 Å². The fraction of sp³-hybridized carbons (Fsp3) is 0.867. The van der Waals surface area contributed by atoms with Gasteiger partial charge in [-0.3, -0.25) is 4.99 Å². The zero-order valence-electron chi connectivity index (χ0n) is 14.6. The second-order valence-electron chi connectivity index (χ2n) is 6.52. The normalized spacial score (nSPS) is 20.7. The van der Waals surface area contributed by atoms with Crippen molar-refractivity contribution in [3.63, 3.8) is 0 Å². The lowest BCUT2D eigenvalue weighted by molar-refractivity contribution is 0.0264. The van der Waals surface area contributed by atoms with Crippen molar-refractivity contribution >= 4 is 36.0 Å². The first-order valence-corrected chi connectivity index (χ1v) is 7.72. The third-order valence-corrected chi connectivity index (χ3v) is 3.36. The summed E-state index contributed by atoms with van der Waals surface area (Å²) in [6.07, 6.45) is 0.922. The van der Waals surface area contributed by atoms with E-state index in [1.165, 1.54) is 6.42 Å². The molecular formula is C15H31IN4O2. The highest BCUT2D eigenvalue weighted by Gasteiger charge is 2.33. The van der Waals surface area contributed by atoms with Gasteiger partial charge in [-0.05, 0) is 40.0 Å². The van der Waals surface area contributed by atoms with E-state index < -0.39 is 5.60 Å². The zero-order chi connectivity index (χ0) is 16.0. The molecule has 2 atom stereocenters. The van der Waals surface area contributed by atoms with Crippen LogP contribution in [-0.4, -0.2) is 55.3 Å². The molecule has 1 fully saturated rings. The molecule has 1 aliphatic rings. The smallest absolute Gasteiger partial charge is 0.410 e. The Morgan fingerprint density at radius 3 is 2.41 bits per heavy atom. The summed E-state index contributed by atoms with van der Waals surface area (Å²) in [5, 5.41) is 6.59. The number of guanidine groups is 1. The van der Waals surface area contributed by atoms with Crippen LogP contribution in [0.4, 0.5) is 4.79 Å². The molecule has 1 amide bonds. The molecule has 0 bridgehead atoms. The average Bonchev–Trinajstić information content (AvgIpc) is 3.06. The molecule has 0 heterocycles. The highest BCUT2D eigenvalue weighted by Crippen LogP contribution is 2.28. The number of ether oxygens (including phenoxy) is 1. The van der Waals surface area contributed by atoms with Crippen molar-refractivity contribution in [3.05, 3.63) is 0 Å². The molecule has 1 aliphatic carbocycles. The summed E-state index contributed by atoms with van der Waals surface area (Å²) in [6.45, 7) is 11.6. The Balaban J connectivity index is 0.00000441. The van der Waals surface area contributed by atoms with Gasteiger partial charge in [-0.2, -0.15) is 0 Å². The van der Waals surface area contributed by atoms with Gasteiger partial charge in [0, 0.05) is 32.7 Å². The predicted molar refractivity (Wildman–Crippen MR) is 101 cm³/mol. The fourth-order valence-corrected chi connectivity index (χ4v) is 1.91. The number of amides is 1. The lowest BCUT2D eigenvalue weighted by Gasteiger charge is -2.26. The summed E-state index contributed by atoms with van der Waals surface area (Å²) in [4.78, 5) is 17.9. The fourth-order valence-electron chi connectivity index (χ4n) is 1.91. The summed E-state index contributed by atoms with van der Waals surface area (Å²) in [7, 11) is 1.76. The molecule has 0 radical (unpaired) electrons. The van der Waals surface area contributed by atoms with E-state index in [0.717, 1.165) is 11.9 Å². The number of halogens is 1. The number of hydrogen-bond donors (Lipinski definition) is 2. The van der Waals surface area contributed by atoms with E-state index in [0.29, 0.717) is 25.7 Å². The second-order valence-corrected chi connectivity index (χ2v) is 6.52. The lowest BCUT2D eigenvalue weighted by atomic mass is 10.2. The molecule has 1 saturated carbocycles. The van der Waals surface area contributed by atoms with Gasteiger partial charge in [0.2, 0.25) is 0 Å². The van der Waals surface area contributed by atoms with E-state index >= 15 is 0 Å². The Morgan fingerprint density at radius 2 is 2.00 bits per heavy atom. The van der Waals surface area contributed by atoms with Gasteiger partial charge in [0.05, 0.1) is 0 Å². The number of aliphatic imine (C=N–C) groups is 1. The van der Waals surface area contributed by atoms with E-state index in [4.69, 9.17) is 4.74 Å². The van der Waals surface area contributed by atoms with Crippen LogP contribution in [0, 0.1) is 5.92 Å². The van der Waals surface area contributed by atoms with Crippen molar-refractivity contribution in [2.24, 2.45) is 10.9 Å². The molecule has 0 saturated heterocycles. The van der Waals surface area contributed by atoms with Gasteiger partial charge in [-0.1, -0.05) is 6.92 Å². The van der Waals surface area contributed by atoms with Crippen molar-refractivity contribution in [1.82, 2.24) is 15.5 Å². The van der Waals surface area contributed by atoms with Crippen molar-refractivity contribution in [1.29, 1.82) is 0 Å². The number of nitrogens with zero attached hydrogens (tertiary/aromatic N) is 2. The van der Waals surface area contributed by atoms with Crippen LogP contribution >= 0.6 is 24.0 Å². The molecule has 1 rings (SSSR count). The Morgan fingerprint density at radius 1 is 1.41 bits per heavy atom. The molecule has 2 unspecified atom stereocenters. The molecule has 0 aliphatic heterocycles. The third-order valence-electron chi connectivity index (χ3n) is 3.36. The van der Waals surface area contributed by atoms with E-state index in [9.17, 15) is 4.79 Å². The van der Waals surface area contributed by atoms with E-state index in [1.807, 2.05) is 27.7 Å². The van der Waals surface area contributed by atoms with E-state index in [-0.39, 0.29) is 30.1 Å². The van der Waals surface area contributed by atoms with Crippen molar-refractivity contribution in [2.45, 2.75) is 52.7 Å². The molecule has 6 nitrogen and oxygen atoms in total.